The van der Waals surface area contributed by atoms with E-state index in [0.717, 1.165) is 30.0 Å². The van der Waals surface area contributed by atoms with Gasteiger partial charge < -0.3 is 24.4 Å². The molecule has 7 nitrogen and oxygen atoms in total. The van der Waals surface area contributed by atoms with Crippen LogP contribution in [0.5, 0.6) is 17.2 Å². The summed E-state index contributed by atoms with van der Waals surface area (Å²) >= 11 is 0. The Kier molecular flexibility index (Phi) is 8.44. The maximum Gasteiger partial charge on any atom is 0.251 e. The molecule has 0 aliphatic carbocycles. The summed E-state index contributed by atoms with van der Waals surface area (Å²) in [6.07, 6.45) is 6.83. The van der Waals surface area contributed by atoms with Crippen molar-refractivity contribution in [3.63, 3.8) is 0 Å². The van der Waals surface area contributed by atoms with Crippen LogP contribution < -0.4 is 24.4 Å². The van der Waals surface area contributed by atoms with Gasteiger partial charge in [0.15, 0.2) is 11.5 Å². The summed E-state index contributed by atoms with van der Waals surface area (Å²) in [6.45, 7) is 2.85. The third kappa shape index (κ3) is 6.44. The second-order valence-corrected chi connectivity index (χ2v) is 8.59. The molecule has 184 valence electrons. The van der Waals surface area contributed by atoms with Gasteiger partial charge in [0, 0.05) is 31.4 Å². The minimum atomic E-state index is -0.229. The Morgan fingerprint density at radius 2 is 1.60 bits per heavy atom. The van der Waals surface area contributed by atoms with E-state index in [9.17, 15) is 4.79 Å². The lowest BCUT2D eigenvalue weighted by Gasteiger charge is -2.21. The first-order chi connectivity index (χ1) is 17.2. The lowest BCUT2D eigenvalue weighted by Crippen LogP contribution is -2.25. The number of pyridine rings is 1. The van der Waals surface area contributed by atoms with Crippen LogP contribution in [-0.4, -0.2) is 38.2 Å². The Balaban J connectivity index is 1.40. The second kappa shape index (κ2) is 12.1. The van der Waals surface area contributed by atoms with Crippen molar-refractivity contribution in [1.82, 2.24) is 10.3 Å². The largest absolute Gasteiger partial charge is 0.493 e. The molecule has 35 heavy (non-hydrogen) atoms. The first-order valence-electron chi connectivity index (χ1n) is 12.1. The zero-order valence-corrected chi connectivity index (χ0v) is 20.5. The third-order valence-electron chi connectivity index (χ3n) is 6.14. The molecule has 3 aromatic rings. The van der Waals surface area contributed by atoms with Gasteiger partial charge in [0.1, 0.15) is 12.4 Å². The first-order valence-corrected chi connectivity index (χ1v) is 12.1. The normalized spacial score (nSPS) is 13.6. The van der Waals surface area contributed by atoms with Crippen molar-refractivity contribution in [1.29, 1.82) is 0 Å². The van der Waals surface area contributed by atoms with Crippen molar-refractivity contribution in [2.75, 3.05) is 32.2 Å². The molecule has 1 saturated heterocycles. The molecule has 1 N–H and O–H groups in total. The number of amides is 1. The molecule has 1 aliphatic heterocycles. The van der Waals surface area contributed by atoms with E-state index < -0.39 is 0 Å². The van der Waals surface area contributed by atoms with E-state index >= 15 is 0 Å². The van der Waals surface area contributed by atoms with E-state index in [2.05, 4.69) is 15.2 Å². The Bertz CT molecular complexity index is 1070. The molecule has 0 saturated carbocycles. The van der Waals surface area contributed by atoms with E-state index in [-0.39, 0.29) is 5.91 Å². The molecule has 0 atom stereocenters. The Morgan fingerprint density at radius 1 is 0.914 bits per heavy atom. The van der Waals surface area contributed by atoms with Crippen molar-refractivity contribution in [3.8, 4) is 17.2 Å². The Labute approximate surface area is 207 Å². The number of hydrogen-bond donors (Lipinski definition) is 1. The van der Waals surface area contributed by atoms with Gasteiger partial charge in [-0.05, 0) is 42.2 Å². The number of ether oxygens (including phenoxy) is 3. The number of nitrogens with one attached hydrogen (secondary N) is 1. The number of nitrogens with zero attached hydrogens (tertiary/aromatic N) is 2. The fourth-order valence-corrected chi connectivity index (χ4v) is 4.18. The topological polar surface area (TPSA) is 72.9 Å². The van der Waals surface area contributed by atoms with Crippen LogP contribution in [0, 0.1) is 0 Å². The zero-order valence-electron chi connectivity index (χ0n) is 20.5. The lowest BCUT2D eigenvalue weighted by molar-refractivity contribution is 0.0950. The van der Waals surface area contributed by atoms with Crippen molar-refractivity contribution in [2.24, 2.45) is 0 Å². The molecule has 1 amide bonds. The maximum absolute atomic E-state index is 12.9. The summed E-state index contributed by atoms with van der Waals surface area (Å²) in [6, 6.07) is 17.2. The van der Waals surface area contributed by atoms with Gasteiger partial charge in [0.25, 0.3) is 5.91 Å². The monoisotopic (exact) mass is 475 g/mol. The van der Waals surface area contributed by atoms with Gasteiger partial charge in [0.05, 0.1) is 14.2 Å². The number of hydrogen-bond acceptors (Lipinski definition) is 6. The molecule has 0 unspecified atom stereocenters. The zero-order chi connectivity index (χ0) is 24.5. The fraction of sp³-hybridized carbons (Fsp3) is 0.357. The number of methoxy groups -OCH3 is 2. The average molecular weight is 476 g/mol. The van der Waals surface area contributed by atoms with E-state index in [0.29, 0.717) is 36.0 Å². The summed E-state index contributed by atoms with van der Waals surface area (Å²) < 4.78 is 17.0. The van der Waals surface area contributed by atoms with Crippen LogP contribution in [0.1, 0.15) is 47.2 Å². The predicted octanol–water partition coefficient (Wildman–Crippen LogP) is 4.99. The van der Waals surface area contributed by atoms with Crippen LogP contribution in [0.15, 0.2) is 60.8 Å². The van der Waals surface area contributed by atoms with Gasteiger partial charge in [-0.25, -0.2) is 4.98 Å². The van der Waals surface area contributed by atoms with E-state index in [4.69, 9.17) is 14.2 Å². The summed E-state index contributed by atoms with van der Waals surface area (Å²) in [5.41, 5.74) is 2.40. The second-order valence-electron chi connectivity index (χ2n) is 8.59. The Morgan fingerprint density at radius 3 is 2.20 bits per heavy atom. The van der Waals surface area contributed by atoms with Crippen LogP contribution in [0.3, 0.4) is 0 Å². The number of carbonyl (C=O) groups is 1. The summed E-state index contributed by atoms with van der Waals surface area (Å²) in [7, 11) is 3.09. The van der Waals surface area contributed by atoms with Crippen molar-refractivity contribution < 1.29 is 19.0 Å². The first kappa shape index (κ1) is 24.4. The molecule has 2 aromatic carbocycles. The third-order valence-corrected chi connectivity index (χ3v) is 6.14. The molecule has 1 fully saturated rings. The van der Waals surface area contributed by atoms with Crippen LogP contribution >= 0.6 is 0 Å². The van der Waals surface area contributed by atoms with Gasteiger partial charge in [0.2, 0.25) is 5.75 Å². The van der Waals surface area contributed by atoms with Gasteiger partial charge >= 0.3 is 0 Å². The van der Waals surface area contributed by atoms with Gasteiger partial charge in [-0.2, -0.15) is 0 Å². The minimum Gasteiger partial charge on any atom is -0.493 e. The molecule has 1 aliphatic rings. The smallest absolute Gasteiger partial charge is 0.251 e. The molecular weight excluding hydrogens is 442 g/mol. The molecule has 0 spiro atoms. The molecule has 7 heteroatoms. The number of benzene rings is 2. The minimum absolute atomic E-state index is 0.229. The SMILES string of the molecule is COc1cc(C(=O)NCc2ccc(N3CCCCCC3)nc2)cc(OC)c1OCc1ccccc1. The van der Waals surface area contributed by atoms with Gasteiger partial charge in [-0.1, -0.05) is 49.2 Å². The molecule has 4 rings (SSSR count). The summed E-state index contributed by atoms with van der Waals surface area (Å²) in [5.74, 6) is 2.11. The van der Waals surface area contributed by atoms with E-state index in [1.54, 1.807) is 26.4 Å². The highest BCUT2D eigenvalue weighted by Crippen LogP contribution is 2.39. The maximum atomic E-state index is 12.9. The molecule has 2 heterocycles. The summed E-state index contributed by atoms with van der Waals surface area (Å²) in [4.78, 5) is 19.9. The van der Waals surface area contributed by atoms with E-state index in [1.807, 2.05) is 48.7 Å². The van der Waals surface area contributed by atoms with Crippen LogP contribution in [0.4, 0.5) is 5.82 Å². The highest BCUT2D eigenvalue weighted by atomic mass is 16.5. The predicted molar refractivity (Wildman–Crippen MR) is 136 cm³/mol. The Hall–Kier alpha value is -3.74. The van der Waals surface area contributed by atoms with Crippen LogP contribution in [0.2, 0.25) is 0 Å². The fourth-order valence-electron chi connectivity index (χ4n) is 4.18. The molecule has 0 radical (unpaired) electrons. The van der Waals surface area contributed by atoms with Gasteiger partial charge in [-0.15, -0.1) is 0 Å². The van der Waals surface area contributed by atoms with E-state index in [1.165, 1.54) is 25.7 Å². The molecular formula is C28H33N3O4. The molecule has 1 aromatic heterocycles. The highest BCUT2D eigenvalue weighted by molar-refractivity contribution is 5.95. The number of carbonyl (C=O) groups excluding carboxylic acids is 1. The van der Waals surface area contributed by atoms with Crippen molar-refractivity contribution in [2.45, 2.75) is 38.8 Å². The standard InChI is InChI=1S/C28H33N3O4/c1-33-24-16-23(17-25(34-2)27(24)35-20-21-10-6-5-7-11-21)28(32)30-19-22-12-13-26(29-18-22)31-14-8-3-4-9-15-31/h5-7,10-13,16-18H,3-4,8-9,14-15,19-20H2,1-2H3,(H,30,32). The number of rotatable bonds is 9. The van der Waals surface area contributed by atoms with Crippen molar-refractivity contribution >= 4 is 11.7 Å². The highest BCUT2D eigenvalue weighted by Gasteiger charge is 2.18. The lowest BCUT2D eigenvalue weighted by atomic mass is 10.1. The summed E-state index contributed by atoms with van der Waals surface area (Å²) in [5, 5.41) is 2.96. The average Bonchev–Trinajstić information content (AvgIpc) is 3.20. The number of anilines is 1. The molecule has 0 bridgehead atoms. The van der Waals surface area contributed by atoms with Crippen LogP contribution in [0.25, 0.3) is 0 Å². The van der Waals surface area contributed by atoms with Crippen LogP contribution in [-0.2, 0) is 13.2 Å². The van der Waals surface area contributed by atoms with Gasteiger partial charge in [-0.3, -0.25) is 4.79 Å². The number of aromatic nitrogens is 1. The van der Waals surface area contributed by atoms with Crippen molar-refractivity contribution in [3.05, 3.63) is 77.5 Å². The quantitative estimate of drug-likeness (QED) is 0.470.